The number of aliphatic hydroxyl groups excluding tert-OH is 4. The number of aliphatic carboxylic acids is 1. The van der Waals surface area contributed by atoms with Crippen LogP contribution >= 0.6 is 55.9 Å². The number of likely N-dealkylation sites (N-methyl/N-ethyl adjacent to an activating group) is 1. The van der Waals surface area contributed by atoms with Crippen molar-refractivity contribution in [1.82, 2.24) is 21.1 Å². The van der Waals surface area contributed by atoms with Crippen LogP contribution in [0.5, 0.6) is 23.0 Å². The highest BCUT2D eigenvalue weighted by atomic mass is 127. The highest BCUT2D eigenvalue weighted by molar-refractivity contribution is 14.1. The third-order valence-corrected chi connectivity index (χ3v) is 24.4. The van der Waals surface area contributed by atoms with E-state index in [9.17, 15) is 54.3 Å². The molecule has 0 aromatic heterocycles. The Balaban J connectivity index is 1.03. The second kappa shape index (κ2) is 39.7. The van der Waals surface area contributed by atoms with Crippen molar-refractivity contribution >= 4 is 96.4 Å². The molecule has 0 spiro atoms. The van der Waals surface area contributed by atoms with E-state index in [0.717, 1.165) is 18.9 Å². The number of hydrazone groups is 1. The van der Waals surface area contributed by atoms with Gasteiger partial charge in [0.15, 0.2) is 47.3 Å². The number of hydroxylamine groups is 1. The Morgan fingerprint density at radius 2 is 1.56 bits per heavy atom. The lowest BCUT2D eigenvalue weighted by molar-refractivity contribution is -0.328. The van der Waals surface area contributed by atoms with Crippen LogP contribution in [0.4, 0.5) is 4.79 Å². The number of halogens is 1. The number of fused-ring (bicyclic) bond motifs is 2. The van der Waals surface area contributed by atoms with E-state index >= 15 is 0 Å². The number of ether oxygens (including phenoxy) is 13. The van der Waals surface area contributed by atoms with E-state index in [1.54, 1.807) is 69.9 Å². The van der Waals surface area contributed by atoms with Crippen molar-refractivity contribution in [3.63, 3.8) is 0 Å². The molecule has 2 aromatic carbocycles. The molecule has 2 aromatic rings. The van der Waals surface area contributed by atoms with Gasteiger partial charge in [0.05, 0.1) is 104 Å². The predicted molar refractivity (Wildman–Crippen MR) is 403 cm³/mol. The van der Waals surface area contributed by atoms with Gasteiger partial charge in [-0.1, -0.05) is 57.2 Å². The van der Waals surface area contributed by atoms with Crippen LogP contribution in [0.1, 0.15) is 115 Å². The molecule has 2 aliphatic carbocycles. The topological polar surface area (TPSA) is 405 Å². The molecule has 3 amide bonds. The second-order valence-electron chi connectivity index (χ2n) is 26.7. The molecule has 594 valence electrons. The van der Waals surface area contributed by atoms with E-state index in [1.807, 2.05) is 43.4 Å². The average Bonchev–Trinajstić information content (AvgIpc) is 0.755. The van der Waals surface area contributed by atoms with Gasteiger partial charge >= 0.3 is 12.1 Å². The van der Waals surface area contributed by atoms with Crippen LogP contribution < -0.4 is 35.2 Å². The van der Waals surface area contributed by atoms with Crippen molar-refractivity contribution in [3.8, 4) is 46.7 Å². The summed E-state index contributed by atoms with van der Waals surface area (Å²) in [5.41, 5.74) is 4.87. The monoisotopic (exact) mass is 1680 g/mol. The number of ketones is 1. The van der Waals surface area contributed by atoms with E-state index in [1.165, 1.54) is 69.1 Å². The number of nitrogens with zero attached hydrogens (tertiary/aromatic N) is 2. The van der Waals surface area contributed by atoms with Crippen LogP contribution in [-0.2, 0) is 66.6 Å². The van der Waals surface area contributed by atoms with Crippen molar-refractivity contribution < 1.29 is 126 Å². The minimum absolute atomic E-state index is 0.00505. The van der Waals surface area contributed by atoms with Gasteiger partial charge in [0.1, 0.15) is 36.2 Å². The van der Waals surface area contributed by atoms with E-state index < -0.39 is 149 Å². The molecule has 31 nitrogen and oxygen atoms in total. The van der Waals surface area contributed by atoms with Gasteiger partial charge in [0, 0.05) is 75.0 Å². The Morgan fingerprint density at radius 3 is 2.21 bits per heavy atom. The number of allylic oxidation sites excluding steroid dienone is 3. The Bertz CT molecular complexity index is 3790. The number of thioether (sulfide) groups is 1. The average molecular weight is 1680 g/mol. The first-order valence-corrected chi connectivity index (χ1v) is 39.1. The second-order valence-corrected chi connectivity index (χ2v) is 32.0. The van der Waals surface area contributed by atoms with Gasteiger partial charge in [0.25, 0.3) is 0 Å². The number of methoxy groups -OCH3 is 5. The van der Waals surface area contributed by atoms with E-state index in [4.69, 9.17) is 71.5 Å². The molecule has 4 heterocycles. The van der Waals surface area contributed by atoms with Crippen molar-refractivity contribution in [2.24, 2.45) is 5.10 Å². The number of nitrogens with one attached hydrogen (secondary N) is 3. The fourth-order valence-corrected chi connectivity index (χ4v) is 17.1. The van der Waals surface area contributed by atoms with E-state index in [0.29, 0.717) is 39.1 Å². The zero-order chi connectivity index (χ0) is 79.1. The zero-order valence-electron chi connectivity index (χ0n) is 62.4. The molecule has 2 bridgehead atoms. The van der Waals surface area contributed by atoms with Gasteiger partial charge in [-0.15, -0.1) is 0 Å². The molecule has 9 N–H and O–H groups in total. The van der Waals surface area contributed by atoms with Crippen molar-refractivity contribution in [2.45, 2.75) is 221 Å². The number of carbonyl (C=O) groups excluding carboxylic acids is 5. The number of alkyl carbamates (subject to hydrolysis) is 1. The number of rotatable bonds is 31. The molecule has 8 rings (SSSR count). The molecular weight excluding hydrogens is 1590 g/mol. The number of aliphatic hydroxyl groups is 5. The van der Waals surface area contributed by atoms with Crippen LogP contribution in [0.3, 0.4) is 0 Å². The Hall–Kier alpha value is -6.31. The highest BCUT2D eigenvalue weighted by Gasteiger charge is 2.53. The molecule has 19 atom stereocenters. The predicted octanol–water partition coefficient (Wildman–Crippen LogP) is 5.13. The number of amides is 3. The van der Waals surface area contributed by atoms with Crippen LogP contribution in [0.2, 0.25) is 0 Å². The minimum Gasteiger partial charge on any atom is -0.494 e. The fourth-order valence-electron chi connectivity index (χ4n) is 13.0. The molecule has 4 aliphatic heterocycles. The Labute approximate surface area is 652 Å². The summed E-state index contributed by atoms with van der Waals surface area (Å²) in [6.45, 7) is 15.7. The van der Waals surface area contributed by atoms with Crippen LogP contribution in [0.15, 0.2) is 64.5 Å². The summed E-state index contributed by atoms with van der Waals surface area (Å²) in [6, 6.07) is 3.64. The fraction of sp³-hybridized carbons (Fsp3) is 0.603. The summed E-state index contributed by atoms with van der Waals surface area (Å²) in [5, 5.41) is 73.5. The molecule has 18 unspecified atom stereocenters. The number of hydrogen-bond donors (Lipinski definition) is 9. The maximum Gasteiger partial charge on any atom is 0.407 e. The normalized spacial score (nSPS) is 30.6. The minimum atomic E-state index is -2.23. The van der Waals surface area contributed by atoms with Gasteiger partial charge in [-0.05, 0) is 138 Å². The molecule has 35 heteroatoms. The molecule has 1 saturated carbocycles. The Kier molecular flexibility index (Phi) is 32.1. The maximum absolute atomic E-state index is 14.6. The third-order valence-electron chi connectivity index (χ3n) is 18.6. The first kappa shape index (κ1) is 87.3. The van der Waals surface area contributed by atoms with Gasteiger partial charge in [-0.2, -0.15) is 10.6 Å². The van der Waals surface area contributed by atoms with Crippen molar-refractivity contribution in [1.29, 1.82) is 0 Å². The smallest absolute Gasteiger partial charge is 0.407 e. The van der Waals surface area contributed by atoms with Crippen molar-refractivity contribution in [3.05, 3.63) is 79.7 Å². The van der Waals surface area contributed by atoms with Crippen LogP contribution in [0, 0.1) is 34.2 Å². The molecule has 4 saturated heterocycles. The summed E-state index contributed by atoms with van der Waals surface area (Å²) < 4.78 is 78.0. The van der Waals surface area contributed by atoms with Crippen LogP contribution in [0.25, 0.3) is 0 Å². The number of carboxylic acid groups (broad SMARTS) is 1. The lowest BCUT2D eigenvalue weighted by Gasteiger charge is -2.46. The number of carboxylic acids is 1. The summed E-state index contributed by atoms with van der Waals surface area (Å²) >= 11 is 2.78. The van der Waals surface area contributed by atoms with E-state index in [2.05, 4.69) is 45.0 Å². The standard InChI is InChI=1S/C73H96IN5O26S3/c1-15-79(41(7)80)45-35-98-52(32-49(45)92-10)103-65-60(87)57(78-105-53-31-46(81)67(40(6)99-53)107-68(89)54-36(2)56(74)63(66(95-13)62(54)93-11)104-69-61(88)64(94-12)59(86)39(5)101-69)38(4)100-70(65)102-48-21-18-16-17-19-28-73(91)33-47(82)58(75-71(90)96-14)55(48)44(73)27-30-106-108-72(8,9)34-50(83)77-76-37(3)42-23-25-43(26-24-42)97-29-20-22-51(84)85/h16-17,23-27,38-40,45-46,49,52-53,57-61,64-65,67,69-70,78,81,86-88,91H,15,20,22,29-35H2,1-14H3,(H,75,90)(H,77,83)(H,84,85)/b17-16-,44-27?,55-48?,76-37?/t38?,39?,40?,45?,46?,49?,52?,53?,57?,58?,59?,60?,61?,64?,65?,67?,69?,70?,73-/m0/s1. The molecule has 5 fully saturated rings. The summed E-state index contributed by atoms with van der Waals surface area (Å²) in [5.74, 6) is 9.57. The molecular formula is C73H96IN5O26S3. The van der Waals surface area contributed by atoms with E-state index in [-0.39, 0.29) is 96.2 Å². The Morgan fingerprint density at radius 1 is 0.861 bits per heavy atom. The van der Waals surface area contributed by atoms with Crippen LogP contribution in [-0.4, -0.2) is 257 Å². The number of benzene rings is 2. The highest BCUT2D eigenvalue weighted by Crippen LogP contribution is 2.49. The molecule has 6 aliphatic rings. The number of Topliss-reactive ketones (excluding diaryl/α,β-unsaturated/α-hetero) is 1. The summed E-state index contributed by atoms with van der Waals surface area (Å²) in [7, 11) is 9.26. The lowest BCUT2D eigenvalue weighted by Crippen LogP contribution is -2.64. The van der Waals surface area contributed by atoms with Gasteiger partial charge < -0.3 is 102 Å². The SMILES string of the molecule is CCN(C(C)=O)C1COC(OC2C(OC3=C4C(=CCSSC(C)(C)CC(=O)NN=C(C)c5ccc(OCCCC(=O)O)cc5)[C@](O)(C#C/C=C\C#C3)CC(=O)C4NC(=O)OC)OC(C)C(NOC3CC(O)C(SC(=O)c4c(C)c(I)c(OC5OC(C)C(O)C(OC)C5O)c(OC)c4OC)C(C)O3)C2O)CC1OC. The van der Waals surface area contributed by atoms with Gasteiger partial charge in [-0.3, -0.25) is 28.8 Å². The quantitative estimate of drug-likeness (QED) is 0.0118. The van der Waals surface area contributed by atoms with Crippen molar-refractivity contribution in [2.75, 3.05) is 61.1 Å². The third kappa shape index (κ3) is 21.7. The maximum atomic E-state index is 14.6. The molecule has 108 heavy (non-hydrogen) atoms. The first-order valence-electron chi connectivity index (χ1n) is 34.8. The summed E-state index contributed by atoms with van der Waals surface area (Å²) in [6.07, 6.45) is -14.0. The number of hydrogen-bond acceptors (Lipinski definition) is 30. The van der Waals surface area contributed by atoms with Gasteiger partial charge in [0.2, 0.25) is 35.3 Å². The largest absolute Gasteiger partial charge is 0.494 e. The lowest BCUT2D eigenvalue weighted by atomic mass is 9.73. The molecule has 0 radical (unpaired) electrons. The zero-order valence-corrected chi connectivity index (χ0v) is 67.0. The van der Waals surface area contributed by atoms with Gasteiger partial charge in [-0.25, -0.2) is 10.2 Å². The number of carbonyl (C=O) groups is 6. The first-order chi connectivity index (χ1) is 51.3. The summed E-state index contributed by atoms with van der Waals surface area (Å²) in [4.78, 5) is 87.3.